The van der Waals surface area contributed by atoms with Gasteiger partial charge < -0.3 is 5.32 Å². The van der Waals surface area contributed by atoms with Gasteiger partial charge in [0.05, 0.1) is 0 Å². The van der Waals surface area contributed by atoms with Crippen LogP contribution in [0.2, 0.25) is 5.15 Å². The van der Waals surface area contributed by atoms with Gasteiger partial charge in [0.15, 0.2) is 0 Å². The van der Waals surface area contributed by atoms with Crippen molar-refractivity contribution in [3.05, 3.63) is 58.6 Å². The first kappa shape index (κ1) is 13.5. The van der Waals surface area contributed by atoms with Crippen LogP contribution >= 0.6 is 11.6 Å². The van der Waals surface area contributed by atoms with E-state index >= 15 is 0 Å². The zero-order chi connectivity index (χ0) is 13.7. The molecule has 2 aromatic rings. The Morgan fingerprint density at radius 3 is 2.74 bits per heavy atom. The molecule has 0 bridgehead atoms. The quantitative estimate of drug-likeness (QED) is 0.873. The number of rotatable bonds is 4. The number of amides is 1. The number of hydrogen-bond acceptors (Lipinski definition) is 3. The number of carbonyl (C=O) groups excluding carboxylic acids is 1. The number of aromatic nitrogens is 2. The summed E-state index contributed by atoms with van der Waals surface area (Å²) in [7, 11) is 0. The Bertz CT molecular complexity index is 572. The molecule has 2 aromatic heterocycles. The highest BCUT2D eigenvalue weighted by atomic mass is 35.5. The molecule has 2 rings (SSSR count). The highest BCUT2D eigenvalue weighted by molar-refractivity contribution is 6.29. The van der Waals surface area contributed by atoms with Crippen LogP contribution in [0.25, 0.3) is 0 Å². The van der Waals surface area contributed by atoms with Crippen LogP contribution in [0, 0.1) is 0 Å². The van der Waals surface area contributed by atoms with Crippen molar-refractivity contribution in [1.82, 2.24) is 15.3 Å². The molecule has 19 heavy (non-hydrogen) atoms. The van der Waals surface area contributed by atoms with E-state index in [0.29, 0.717) is 17.3 Å². The van der Waals surface area contributed by atoms with Crippen LogP contribution in [-0.2, 0) is 13.0 Å². The van der Waals surface area contributed by atoms with Crippen molar-refractivity contribution in [3.8, 4) is 0 Å². The summed E-state index contributed by atoms with van der Waals surface area (Å²) in [5.74, 6) is -0.157. The van der Waals surface area contributed by atoms with Crippen molar-refractivity contribution in [2.45, 2.75) is 19.9 Å². The number of aryl methyl sites for hydroxylation is 1. The lowest BCUT2D eigenvalue weighted by Gasteiger charge is -2.07. The fourth-order valence-electron chi connectivity index (χ4n) is 1.65. The molecule has 0 aliphatic heterocycles. The zero-order valence-electron chi connectivity index (χ0n) is 10.6. The molecular formula is C14H14ClN3O. The van der Waals surface area contributed by atoms with Gasteiger partial charge in [0.1, 0.15) is 5.15 Å². The number of carbonyl (C=O) groups is 1. The maximum absolute atomic E-state index is 12.0. The number of halogens is 1. The number of hydrogen-bond donors (Lipinski definition) is 1. The fraction of sp³-hybridized carbons (Fsp3) is 0.214. The van der Waals surface area contributed by atoms with Gasteiger partial charge in [-0.25, -0.2) is 4.98 Å². The summed E-state index contributed by atoms with van der Waals surface area (Å²) in [6.45, 7) is 2.43. The van der Waals surface area contributed by atoms with Gasteiger partial charge in [-0.2, -0.15) is 0 Å². The fourth-order valence-corrected chi connectivity index (χ4v) is 1.87. The van der Waals surface area contributed by atoms with E-state index in [0.717, 1.165) is 17.7 Å². The lowest BCUT2D eigenvalue weighted by molar-refractivity contribution is 0.0950. The van der Waals surface area contributed by atoms with Gasteiger partial charge in [0, 0.05) is 30.2 Å². The topological polar surface area (TPSA) is 54.9 Å². The highest BCUT2D eigenvalue weighted by Gasteiger charge is 2.08. The first-order chi connectivity index (χ1) is 9.19. The predicted octanol–water partition coefficient (Wildman–Crippen LogP) is 2.62. The lowest BCUT2D eigenvalue weighted by atomic mass is 10.2. The summed E-state index contributed by atoms with van der Waals surface area (Å²) in [4.78, 5) is 20.1. The standard InChI is InChI=1S/C14H14ClN3O/c1-2-12-7-11(8-13(15)18-12)14(19)17-9-10-3-5-16-6-4-10/h3-8H,2,9H2,1H3,(H,17,19). The minimum atomic E-state index is -0.157. The van der Waals surface area contributed by atoms with Crippen LogP contribution in [0.4, 0.5) is 0 Å². The smallest absolute Gasteiger partial charge is 0.251 e. The third-order valence-corrected chi connectivity index (χ3v) is 2.87. The molecule has 1 N–H and O–H groups in total. The Morgan fingerprint density at radius 2 is 2.05 bits per heavy atom. The molecule has 2 heterocycles. The van der Waals surface area contributed by atoms with Gasteiger partial charge in [-0.15, -0.1) is 0 Å². The van der Waals surface area contributed by atoms with Crippen molar-refractivity contribution in [3.63, 3.8) is 0 Å². The first-order valence-electron chi connectivity index (χ1n) is 6.02. The van der Waals surface area contributed by atoms with Crippen LogP contribution in [0.3, 0.4) is 0 Å². The van der Waals surface area contributed by atoms with E-state index in [4.69, 9.17) is 11.6 Å². The molecule has 0 fully saturated rings. The van der Waals surface area contributed by atoms with E-state index in [-0.39, 0.29) is 5.91 Å². The second-order valence-corrected chi connectivity index (χ2v) is 4.45. The molecule has 0 atom stereocenters. The van der Waals surface area contributed by atoms with Gasteiger partial charge >= 0.3 is 0 Å². The molecule has 0 unspecified atom stereocenters. The van der Waals surface area contributed by atoms with Crippen LogP contribution in [0.15, 0.2) is 36.7 Å². The largest absolute Gasteiger partial charge is 0.348 e. The molecule has 0 aliphatic rings. The van der Waals surface area contributed by atoms with E-state index in [9.17, 15) is 4.79 Å². The van der Waals surface area contributed by atoms with E-state index in [1.54, 1.807) is 24.5 Å². The molecule has 0 aromatic carbocycles. The maximum Gasteiger partial charge on any atom is 0.251 e. The molecule has 1 amide bonds. The second kappa shape index (κ2) is 6.29. The van der Waals surface area contributed by atoms with Crippen LogP contribution in [0.5, 0.6) is 0 Å². The van der Waals surface area contributed by atoms with Gasteiger partial charge in [-0.3, -0.25) is 9.78 Å². The number of nitrogens with one attached hydrogen (secondary N) is 1. The first-order valence-corrected chi connectivity index (χ1v) is 6.40. The molecule has 0 saturated carbocycles. The predicted molar refractivity (Wildman–Crippen MR) is 74.0 cm³/mol. The third-order valence-electron chi connectivity index (χ3n) is 2.67. The Labute approximate surface area is 116 Å². The average molecular weight is 276 g/mol. The third kappa shape index (κ3) is 3.76. The van der Waals surface area contributed by atoms with Gasteiger partial charge in [0.2, 0.25) is 0 Å². The van der Waals surface area contributed by atoms with Gasteiger partial charge in [0.25, 0.3) is 5.91 Å². The van der Waals surface area contributed by atoms with Crippen molar-refractivity contribution >= 4 is 17.5 Å². The van der Waals surface area contributed by atoms with E-state index in [1.165, 1.54) is 0 Å². The van der Waals surface area contributed by atoms with E-state index in [1.807, 2.05) is 19.1 Å². The molecule has 0 saturated heterocycles. The molecule has 4 nitrogen and oxygen atoms in total. The summed E-state index contributed by atoms with van der Waals surface area (Å²) in [6, 6.07) is 7.05. The SMILES string of the molecule is CCc1cc(C(=O)NCc2ccncc2)cc(Cl)n1. The van der Waals surface area contributed by atoms with Gasteiger partial charge in [-0.05, 0) is 36.2 Å². The summed E-state index contributed by atoms with van der Waals surface area (Å²) in [6.07, 6.45) is 4.13. The van der Waals surface area contributed by atoms with Crippen molar-refractivity contribution in [2.24, 2.45) is 0 Å². The molecular weight excluding hydrogens is 262 g/mol. The molecule has 98 valence electrons. The second-order valence-electron chi connectivity index (χ2n) is 4.06. The normalized spacial score (nSPS) is 10.2. The number of pyridine rings is 2. The molecule has 0 radical (unpaired) electrons. The van der Waals surface area contributed by atoms with E-state index < -0.39 is 0 Å². The van der Waals surface area contributed by atoms with Gasteiger partial charge in [-0.1, -0.05) is 18.5 Å². The molecule has 0 spiro atoms. The van der Waals surface area contributed by atoms with Crippen LogP contribution < -0.4 is 5.32 Å². The van der Waals surface area contributed by atoms with Crippen molar-refractivity contribution in [2.75, 3.05) is 0 Å². The number of nitrogens with zero attached hydrogens (tertiary/aromatic N) is 2. The van der Waals surface area contributed by atoms with Crippen LogP contribution in [0.1, 0.15) is 28.5 Å². The van der Waals surface area contributed by atoms with Crippen LogP contribution in [-0.4, -0.2) is 15.9 Å². The van der Waals surface area contributed by atoms with Crippen molar-refractivity contribution < 1.29 is 4.79 Å². The molecule has 0 aliphatic carbocycles. The zero-order valence-corrected chi connectivity index (χ0v) is 11.3. The summed E-state index contributed by atoms with van der Waals surface area (Å²) in [5.41, 5.74) is 2.34. The Balaban J connectivity index is 2.06. The summed E-state index contributed by atoms with van der Waals surface area (Å²) in [5, 5.41) is 3.18. The molecule has 5 heteroatoms. The average Bonchev–Trinajstić information content (AvgIpc) is 2.45. The highest BCUT2D eigenvalue weighted by Crippen LogP contribution is 2.11. The Morgan fingerprint density at radius 1 is 1.32 bits per heavy atom. The minimum Gasteiger partial charge on any atom is -0.348 e. The maximum atomic E-state index is 12.0. The van der Waals surface area contributed by atoms with Crippen molar-refractivity contribution in [1.29, 1.82) is 0 Å². The Hall–Kier alpha value is -1.94. The lowest BCUT2D eigenvalue weighted by Crippen LogP contribution is -2.23. The van der Waals surface area contributed by atoms with E-state index in [2.05, 4.69) is 15.3 Å². The monoisotopic (exact) mass is 275 g/mol. The summed E-state index contributed by atoms with van der Waals surface area (Å²) >= 11 is 5.89. The minimum absolute atomic E-state index is 0.157. The Kier molecular flexibility index (Phi) is 4.47. The summed E-state index contributed by atoms with van der Waals surface area (Å²) < 4.78 is 0.